The number of amides is 2. The number of aliphatic hydroxyl groups is 1. The van der Waals surface area contributed by atoms with Crippen molar-refractivity contribution >= 4 is 34.1 Å². The van der Waals surface area contributed by atoms with Crippen LogP contribution in [0, 0.1) is 0 Å². The van der Waals surface area contributed by atoms with Gasteiger partial charge < -0.3 is 25.6 Å². The van der Waals surface area contributed by atoms with E-state index in [1.165, 1.54) is 26.2 Å². The Morgan fingerprint density at radius 3 is 2.52 bits per heavy atom. The number of aromatic nitrogens is 4. The second-order valence-corrected chi connectivity index (χ2v) is 12.3. The van der Waals surface area contributed by atoms with E-state index in [1.807, 2.05) is 0 Å². The number of methoxy groups -OCH3 is 1. The molecular formula is C28H24F6N6O5S. The predicted molar refractivity (Wildman–Crippen MR) is 149 cm³/mol. The van der Waals surface area contributed by atoms with Crippen LogP contribution in [-0.4, -0.2) is 63.1 Å². The molecule has 0 bridgehead atoms. The van der Waals surface area contributed by atoms with Gasteiger partial charge in [-0.1, -0.05) is 0 Å². The minimum absolute atomic E-state index is 0.0753. The number of alkyl halides is 6. The number of carbonyl (C=O) groups excluding carboxylic acids is 2. The number of rotatable bonds is 8. The van der Waals surface area contributed by atoms with Crippen molar-refractivity contribution in [2.24, 2.45) is 5.73 Å². The lowest BCUT2D eigenvalue weighted by Gasteiger charge is -2.31. The molecule has 2 amide bonds. The number of ether oxygens (including phenoxy) is 2. The summed E-state index contributed by atoms with van der Waals surface area (Å²) in [6, 6.07) is 3.66. The maximum Gasteiger partial charge on any atom is 0.443 e. The minimum Gasteiger partial charge on any atom is -0.494 e. The Kier molecular flexibility index (Phi) is 7.23. The third kappa shape index (κ3) is 5.18. The quantitative estimate of drug-likeness (QED) is 0.236. The zero-order chi connectivity index (χ0) is 33.4. The molecule has 0 spiro atoms. The van der Waals surface area contributed by atoms with Crippen molar-refractivity contribution in [3.63, 3.8) is 0 Å². The van der Waals surface area contributed by atoms with Gasteiger partial charge in [0.15, 0.2) is 10.8 Å². The van der Waals surface area contributed by atoms with E-state index in [1.54, 1.807) is 10.9 Å². The van der Waals surface area contributed by atoms with Gasteiger partial charge in [0.05, 0.1) is 30.3 Å². The van der Waals surface area contributed by atoms with Gasteiger partial charge in [0, 0.05) is 28.9 Å². The van der Waals surface area contributed by atoms with Gasteiger partial charge in [-0.15, -0.1) is 11.3 Å². The van der Waals surface area contributed by atoms with Gasteiger partial charge in [-0.2, -0.15) is 31.4 Å². The molecule has 11 nitrogen and oxygen atoms in total. The third-order valence-electron chi connectivity index (χ3n) is 7.99. The molecule has 1 aliphatic heterocycles. The van der Waals surface area contributed by atoms with Crippen LogP contribution >= 0.6 is 11.3 Å². The summed E-state index contributed by atoms with van der Waals surface area (Å²) in [4.78, 5) is 32.4. The van der Waals surface area contributed by atoms with Crippen LogP contribution in [0.1, 0.15) is 52.4 Å². The van der Waals surface area contributed by atoms with Crippen molar-refractivity contribution in [3.05, 3.63) is 52.4 Å². The van der Waals surface area contributed by atoms with Gasteiger partial charge >= 0.3 is 12.4 Å². The lowest BCUT2D eigenvalue weighted by atomic mass is 9.82. The first-order chi connectivity index (χ1) is 21.5. The molecule has 6 rings (SSSR count). The van der Waals surface area contributed by atoms with E-state index in [0.717, 1.165) is 25.1 Å². The molecule has 1 saturated carbocycles. The number of nitrogens with two attached hydrogens (primary N) is 1. The monoisotopic (exact) mass is 670 g/mol. The molecule has 0 saturated heterocycles. The number of hydrogen-bond donors (Lipinski definition) is 3. The number of thiazole rings is 1. The Morgan fingerprint density at radius 1 is 1.22 bits per heavy atom. The maximum atomic E-state index is 14.7. The first-order valence-electron chi connectivity index (χ1n) is 13.6. The lowest BCUT2D eigenvalue weighted by molar-refractivity contribution is -0.265. The van der Waals surface area contributed by atoms with Gasteiger partial charge in [-0.3, -0.25) is 14.3 Å². The van der Waals surface area contributed by atoms with Crippen LogP contribution in [0.15, 0.2) is 30.6 Å². The number of hydrogen-bond acceptors (Lipinski definition) is 9. The van der Waals surface area contributed by atoms with Crippen LogP contribution in [0.3, 0.4) is 0 Å². The van der Waals surface area contributed by atoms with Gasteiger partial charge in [-0.05, 0) is 38.0 Å². The molecule has 1 aromatic carbocycles. The minimum atomic E-state index is -5.49. The number of primary amides is 1. The molecule has 1 aliphatic carbocycles. The molecule has 2 aliphatic rings. The second-order valence-electron chi connectivity index (χ2n) is 11.2. The fourth-order valence-corrected chi connectivity index (χ4v) is 5.83. The summed E-state index contributed by atoms with van der Waals surface area (Å²) >= 11 is 0.0753. The molecule has 4 N–H and O–H groups in total. The Hall–Kier alpha value is -4.45. The van der Waals surface area contributed by atoms with Crippen molar-refractivity contribution < 1.29 is 50.5 Å². The number of halogens is 6. The molecular weight excluding hydrogens is 646 g/mol. The Labute approximate surface area is 259 Å². The smallest absolute Gasteiger partial charge is 0.443 e. The zero-order valence-corrected chi connectivity index (χ0v) is 24.7. The van der Waals surface area contributed by atoms with Crippen molar-refractivity contribution in [1.82, 2.24) is 25.1 Å². The lowest BCUT2D eigenvalue weighted by Crippen LogP contribution is -2.51. The molecule has 4 aromatic rings. The molecule has 2 atom stereocenters. The normalized spacial score (nSPS) is 19.4. The van der Waals surface area contributed by atoms with E-state index < -0.39 is 64.7 Å². The molecule has 1 unspecified atom stereocenters. The van der Waals surface area contributed by atoms with Crippen molar-refractivity contribution in [2.45, 2.75) is 49.2 Å². The molecule has 4 heterocycles. The Balaban J connectivity index is 1.40. The number of benzene rings is 1. The molecule has 46 heavy (non-hydrogen) atoms. The van der Waals surface area contributed by atoms with Crippen LogP contribution in [0.2, 0.25) is 0 Å². The third-order valence-corrected chi connectivity index (χ3v) is 9.04. The van der Waals surface area contributed by atoms with Gasteiger partial charge in [-0.25, -0.2) is 9.97 Å². The summed E-state index contributed by atoms with van der Waals surface area (Å²) in [7, 11) is 1.34. The highest BCUT2D eigenvalue weighted by Crippen LogP contribution is 2.49. The number of fused-ring (bicyclic) bond motifs is 2. The van der Waals surface area contributed by atoms with Crippen molar-refractivity contribution in [1.29, 1.82) is 0 Å². The van der Waals surface area contributed by atoms with Crippen LogP contribution in [0.5, 0.6) is 11.5 Å². The average molecular weight is 671 g/mol. The van der Waals surface area contributed by atoms with E-state index in [4.69, 9.17) is 15.2 Å². The fraction of sp³-hybridized carbons (Fsp3) is 0.393. The van der Waals surface area contributed by atoms with Crippen molar-refractivity contribution in [3.8, 4) is 22.1 Å². The Morgan fingerprint density at radius 2 is 1.93 bits per heavy atom. The zero-order valence-electron chi connectivity index (χ0n) is 23.9. The van der Waals surface area contributed by atoms with E-state index in [-0.39, 0.29) is 44.9 Å². The summed E-state index contributed by atoms with van der Waals surface area (Å²) in [5, 5.41) is 16.9. The van der Waals surface area contributed by atoms with Crippen LogP contribution in [0.4, 0.5) is 26.3 Å². The summed E-state index contributed by atoms with van der Waals surface area (Å²) in [6.45, 7) is -0.651. The largest absolute Gasteiger partial charge is 0.494 e. The average Bonchev–Trinajstić information content (AvgIpc) is 3.38. The molecule has 18 heteroatoms. The summed E-state index contributed by atoms with van der Waals surface area (Å²) < 4.78 is 96.7. The first kappa shape index (κ1) is 31.5. The second kappa shape index (κ2) is 10.5. The highest BCUT2D eigenvalue weighted by molar-refractivity contribution is 7.15. The van der Waals surface area contributed by atoms with Crippen LogP contribution in [0.25, 0.3) is 21.5 Å². The topological polar surface area (TPSA) is 154 Å². The number of carbonyl (C=O) groups is 2. The highest BCUT2D eigenvalue weighted by Gasteiger charge is 2.58. The van der Waals surface area contributed by atoms with E-state index in [0.29, 0.717) is 10.9 Å². The summed E-state index contributed by atoms with van der Waals surface area (Å²) in [5.74, 6) is -2.10. The molecule has 244 valence electrons. The highest BCUT2D eigenvalue weighted by atomic mass is 32.1. The molecule has 1 fully saturated rings. The van der Waals surface area contributed by atoms with Crippen LogP contribution < -0.4 is 20.5 Å². The van der Waals surface area contributed by atoms with E-state index in [9.17, 15) is 41.0 Å². The standard InChI is InChI=1S/C28H24F6N6O5S/c1-25(23(35)42)11-45-21-15(25)7-18(38-20(21)17-8-36-24(46-17)27(29,30)31)26(43,28(32,33)34)10-37-22(41)12-5-13-9-40(14-3-4-14)39-19(13)16(6-12)44-2/h5-9,14,43H,3-4,10-11H2,1-2H3,(H2,35,42)(H,37,41)/t25-,26?/m0/s1. The maximum absolute atomic E-state index is 14.7. The Bertz CT molecular complexity index is 1890. The van der Waals surface area contributed by atoms with E-state index in [2.05, 4.69) is 20.4 Å². The number of nitrogens with zero attached hydrogens (tertiary/aromatic N) is 4. The van der Waals surface area contributed by atoms with E-state index >= 15 is 0 Å². The number of nitrogens with one attached hydrogen (secondary N) is 1. The van der Waals surface area contributed by atoms with Gasteiger partial charge in [0.25, 0.3) is 5.91 Å². The SMILES string of the molecule is COc1cc(C(=O)NCC(O)(c2cc3c(c(-c4cnc(C(F)(F)F)s4)n2)OC[C@]3(C)C(N)=O)C(F)(F)F)cc2cn(C3CC3)nc12. The molecule has 3 aromatic heterocycles. The summed E-state index contributed by atoms with van der Waals surface area (Å²) in [5.41, 5.74) is -1.61. The predicted octanol–water partition coefficient (Wildman–Crippen LogP) is 4.23. The fourth-order valence-electron chi connectivity index (χ4n) is 5.06. The van der Waals surface area contributed by atoms with Crippen LogP contribution in [-0.2, 0) is 22.0 Å². The van der Waals surface area contributed by atoms with Gasteiger partial charge in [0.1, 0.15) is 29.0 Å². The first-order valence-corrected chi connectivity index (χ1v) is 14.4. The summed E-state index contributed by atoms with van der Waals surface area (Å²) in [6.07, 6.45) is -6.07. The van der Waals surface area contributed by atoms with Gasteiger partial charge in [0.2, 0.25) is 11.5 Å². The number of pyridine rings is 1. The molecule has 0 radical (unpaired) electrons. The van der Waals surface area contributed by atoms with Crippen molar-refractivity contribution in [2.75, 3.05) is 20.3 Å².